The SMILES string of the molecule is CC1CCC(C(=O)N2CCC3(CC2)CNC(=O)C3)CC1. The summed E-state index contributed by atoms with van der Waals surface area (Å²) in [5.41, 5.74) is 0.148. The molecule has 0 unspecified atom stereocenters. The van der Waals surface area contributed by atoms with Crippen molar-refractivity contribution in [2.24, 2.45) is 17.3 Å². The van der Waals surface area contributed by atoms with Crippen LogP contribution < -0.4 is 5.32 Å². The topological polar surface area (TPSA) is 49.4 Å². The Morgan fingerprint density at radius 2 is 1.85 bits per heavy atom. The fraction of sp³-hybridized carbons (Fsp3) is 0.875. The van der Waals surface area contributed by atoms with Crippen molar-refractivity contribution in [3.8, 4) is 0 Å². The van der Waals surface area contributed by atoms with Gasteiger partial charge < -0.3 is 10.2 Å². The highest BCUT2D eigenvalue weighted by Crippen LogP contribution is 2.38. The van der Waals surface area contributed by atoms with Gasteiger partial charge in [-0.3, -0.25) is 9.59 Å². The molecule has 4 nitrogen and oxygen atoms in total. The normalized spacial score (nSPS) is 33.2. The largest absolute Gasteiger partial charge is 0.356 e. The van der Waals surface area contributed by atoms with Gasteiger partial charge >= 0.3 is 0 Å². The van der Waals surface area contributed by atoms with Crippen LogP contribution in [-0.4, -0.2) is 36.3 Å². The van der Waals surface area contributed by atoms with Crippen LogP contribution in [0.2, 0.25) is 0 Å². The van der Waals surface area contributed by atoms with Crippen molar-refractivity contribution in [3.63, 3.8) is 0 Å². The Hall–Kier alpha value is -1.06. The average molecular weight is 278 g/mol. The predicted molar refractivity (Wildman–Crippen MR) is 77.0 cm³/mol. The number of carbonyl (C=O) groups excluding carboxylic acids is 2. The second-order valence-electron chi connectivity index (χ2n) is 7.24. The van der Waals surface area contributed by atoms with E-state index in [0.717, 1.165) is 51.2 Å². The number of nitrogens with zero attached hydrogens (tertiary/aromatic N) is 1. The number of piperidine rings is 1. The van der Waals surface area contributed by atoms with Gasteiger partial charge in [-0.2, -0.15) is 0 Å². The van der Waals surface area contributed by atoms with Crippen molar-refractivity contribution in [2.45, 2.75) is 51.9 Å². The molecule has 1 aliphatic carbocycles. The molecular formula is C16H26N2O2. The Balaban J connectivity index is 1.53. The monoisotopic (exact) mass is 278 g/mol. The number of amides is 2. The molecule has 112 valence electrons. The lowest BCUT2D eigenvalue weighted by molar-refractivity contribution is -0.139. The zero-order valence-corrected chi connectivity index (χ0v) is 12.5. The van der Waals surface area contributed by atoms with Crippen LogP contribution in [0.3, 0.4) is 0 Å². The lowest BCUT2D eigenvalue weighted by Crippen LogP contribution is -2.46. The van der Waals surface area contributed by atoms with Gasteiger partial charge in [0.1, 0.15) is 0 Å². The Labute approximate surface area is 121 Å². The molecule has 0 aromatic rings. The zero-order valence-electron chi connectivity index (χ0n) is 12.5. The minimum absolute atomic E-state index is 0.148. The minimum Gasteiger partial charge on any atom is -0.356 e. The maximum absolute atomic E-state index is 12.6. The highest BCUT2D eigenvalue weighted by atomic mass is 16.2. The lowest BCUT2D eigenvalue weighted by Gasteiger charge is -2.40. The molecule has 1 spiro atoms. The van der Waals surface area contributed by atoms with E-state index >= 15 is 0 Å². The Morgan fingerprint density at radius 1 is 1.20 bits per heavy atom. The van der Waals surface area contributed by atoms with E-state index in [4.69, 9.17) is 0 Å². The van der Waals surface area contributed by atoms with Gasteiger partial charge in [0.2, 0.25) is 11.8 Å². The van der Waals surface area contributed by atoms with E-state index in [1.54, 1.807) is 0 Å². The van der Waals surface area contributed by atoms with Crippen molar-refractivity contribution in [3.05, 3.63) is 0 Å². The molecular weight excluding hydrogens is 252 g/mol. The van der Waals surface area contributed by atoms with Crippen molar-refractivity contribution in [1.29, 1.82) is 0 Å². The molecule has 0 atom stereocenters. The van der Waals surface area contributed by atoms with Crippen LogP contribution in [0.5, 0.6) is 0 Å². The molecule has 2 aliphatic heterocycles. The van der Waals surface area contributed by atoms with Crippen LogP contribution in [0.25, 0.3) is 0 Å². The minimum atomic E-state index is 0.148. The summed E-state index contributed by atoms with van der Waals surface area (Å²) in [6.07, 6.45) is 7.18. The van der Waals surface area contributed by atoms with E-state index in [-0.39, 0.29) is 17.2 Å². The van der Waals surface area contributed by atoms with Gasteiger partial charge in [0, 0.05) is 32.0 Å². The smallest absolute Gasteiger partial charge is 0.225 e. The fourth-order valence-electron chi connectivity index (χ4n) is 4.07. The van der Waals surface area contributed by atoms with Crippen molar-refractivity contribution in [2.75, 3.05) is 19.6 Å². The third-order valence-electron chi connectivity index (χ3n) is 5.70. The van der Waals surface area contributed by atoms with Crippen LogP contribution in [-0.2, 0) is 9.59 Å². The van der Waals surface area contributed by atoms with E-state index in [0.29, 0.717) is 12.3 Å². The van der Waals surface area contributed by atoms with Gasteiger partial charge in [-0.15, -0.1) is 0 Å². The van der Waals surface area contributed by atoms with E-state index < -0.39 is 0 Å². The molecule has 0 radical (unpaired) electrons. The first-order valence-corrected chi connectivity index (χ1v) is 8.13. The summed E-state index contributed by atoms with van der Waals surface area (Å²) in [4.78, 5) is 26.1. The van der Waals surface area contributed by atoms with Gasteiger partial charge in [-0.25, -0.2) is 0 Å². The van der Waals surface area contributed by atoms with E-state index in [1.807, 2.05) is 0 Å². The second kappa shape index (κ2) is 5.38. The molecule has 2 heterocycles. The Kier molecular flexibility index (Phi) is 3.74. The molecule has 2 saturated heterocycles. The first kappa shape index (κ1) is 13.9. The number of rotatable bonds is 1. The summed E-state index contributed by atoms with van der Waals surface area (Å²) < 4.78 is 0. The summed E-state index contributed by atoms with van der Waals surface area (Å²) in [5, 5.41) is 2.95. The third-order valence-corrected chi connectivity index (χ3v) is 5.70. The number of carbonyl (C=O) groups is 2. The summed E-state index contributed by atoms with van der Waals surface area (Å²) >= 11 is 0. The molecule has 3 rings (SSSR count). The van der Waals surface area contributed by atoms with E-state index in [9.17, 15) is 9.59 Å². The summed E-state index contributed by atoms with van der Waals surface area (Å²) in [6, 6.07) is 0. The number of nitrogens with one attached hydrogen (secondary N) is 1. The van der Waals surface area contributed by atoms with Crippen LogP contribution in [0, 0.1) is 17.3 Å². The fourth-order valence-corrected chi connectivity index (χ4v) is 4.07. The van der Waals surface area contributed by atoms with Crippen LogP contribution in [0.15, 0.2) is 0 Å². The molecule has 1 saturated carbocycles. The van der Waals surface area contributed by atoms with Gasteiger partial charge in [0.25, 0.3) is 0 Å². The van der Waals surface area contributed by atoms with Crippen molar-refractivity contribution < 1.29 is 9.59 Å². The molecule has 1 N–H and O–H groups in total. The molecule has 0 aromatic carbocycles. The van der Waals surface area contributed by atoms with Gasteiger partial charge in [-0.05, 0) is 49.9 Å². The maximum Gasteiger partial charge on any atom is 0.225 e. The van der Waals surface area contributed by atoms with Gasteiger partial charge in [0.15, 0.2) is 0 Å². The molecule has 4 heteroatoms. The first-order chi connectivity index (χ1) is 9.58. The molecule has 3 fully saturated rings. The summed E-state index contributed by atoms with van der Waals surface area (Å²) in [5.74, 6) is 1.62. The highest BCUT2D eigenvalue weighted by molar-refractivity contribution is 5.80. The summed E-state index contributed by atoms with van der Waals surface area (Å²) in [6.45, 7) is 4.80. The van der Waals surface area contributed by atoms with Crippen molar-refractivity contribution >= 4 is 11.8 Å². The van der Waals surface area contributed by atoms with Crippen LogP contribution in [0.4, 0.5) is 0 Å². The second-order valence-corrected chi connectivity index (χ2v) is 7.24. The molecule has 0 aromatic heterocycles. The molecule has 2 amide bonds. The van der Waals surface area contributed by atoms with Gasteiger partial charge in [0.05, 0.1) is 0 Å². The Morgan fingerprint density at radius 3 is 2.40 bits per heavy atom. The molecule has 3 aliphatic rings. The van der Waals surface area contributed by atoms with Crippen molar-refractivity contribution in [1.82, 2.24) is 10.2 Å². The number of hydrogen-bond donors (Lipinski definition) is 1. The maximum atomic E-state index is 12.6. The first-order valence-electron chi connectivity index (χ1n) is 8.13. The van der Waals surface area contributed by atoms with Crippen LogP contribution in [0.1, 0.15) is 51.9 Å². The lowest BCUT2D eigenvalue weighted by atomic mass is 9.77. The zero-order chi connectivity index (χ0) is 14.2. The van der Waals surface area contributed by atoms with E-state index in [1.165, 1.54) is 12.8 Å². The molecule has 0 bridgehead atoms. The predicted octanol–water partition coefficient (Wildman–Crippen LogP) is 1.94. The quantitative estimate of drug-likeness (QED) is 0.797. The Bertz CT molecular complexity index is 391. The van der Waals surface area contributed by atoms with Gasteiger partial charge in [-0.1, -0.05) is 6.92 Å². The molecule has 20 heavy (non-hydrogen) atoms. The number of likely N-dealkylation sites (tertiary alicyclic amines) is 1. The number of hydrogen-bond acceptors (Lipinski definition) is 2. The van der Waals surface area contributed by atoms with Crippen LogP contribution >= 0.6 is 0 Å². The third kappa shape index (κ3) is 2.70. The summed E-state index contributed by atoms with van der Waals surface area (Å²) in [7, 11) is 0. The van der Waals surface area contributed by atoms with E-state index in [2.05, 4.69) is 17.1 Å². The average Bonchev–Trinajstić information content (AvgIpc) is 2.81. The highest BCUT2D eigenvalue weighted by Gasteiger charge is 2.42. The standard InChI is InChI=1S/C16H26N2O2/c1-12-2-4-13(5-3-12)15(20)18-8-6-16(7-9-18)10-14(19)17-11-16/h12-13H,2-11H2,1H3,(H,17,19).